The first-order valence-electron chi connectivity index (χ1n) is 3.33. The normalized spacial score (nSPS) is 9.64. The Labute approximate surface area is 64.8 Å². The van der Waals surface area contributed by atoms with Crippen molar-refractivity contribution in [3.8, 4) is 0 Å². The van der Waals surface area contributed by atoms with Gasteiger partial charge in [0, 0.05) is 11.8 Å². The van der Waals surface area contributed by atoms with Crippen LogP contribution in [0.3, 0.4) is 0 Å². The standard InChI is InChI=1S/C8H10N2O/c1-5(2)8-9-6(3)4-7(11)10-8/h4H,1H2,2-3H3,(H,9,10,11). The highest BCUT2D eigenvalue weighted by atomic mass is 16.1. The molecule has 11 heavy (non-hydrogen) atoms. The lowest BCUT2D eigenvalue weighted by Crippen LogP contribution is -2.09. The van der Waals surface area contributed by atoms with Crippen LogP contribution >= 0.6 is 0 Å². The summed E-state index contributed by atoms with van der Waals surface area (Å²) in [4.78, 5) is 17.5. The third kappa shape index (κ3) is 1.77. The third-order valence-corrected chi connectivity index (χ3v) is 1.27. The number of nitrogens with zero attached hydrogens (tertiary/aromatic N) is 1. The van der Waals surface area contributed by atoms with Gasteiger partial charge in [0.2, 0.25) is 0 Å². The number of hydrogen-bond donors (Lipinski definition) is 1. The fourth-order valence-electron chi connectivity index (χ4n) is 0.781. The monoisotopic (exact) mass is 150 g/mol. The average molecular weight is 150 g/mol. The number of nitrogens with one attached hydrogen (secondary N) is 1. The minimum Gasteiger partial charge on any atom is -0.307 e. The largest absolute Gasteiger partial charge is 0.307 e. The highest BCUT2D eigenvalue weighted by molar-refractivity contribution is 5.53. The van der Waals surface area contributed by atoms with Gasteiger partial charge in [0.05, 0.1) is 0 Å². The molecule has 0 atom stereocenters. The second-order valence-corrected chi connectivity index (χ2v) is 2.52. The van der Waals surface area contributed by atoms with Crippen molar-refractivity contribution in [2.75, 3.05) is 0 Å². The van der Waals surface area contributed by atoms with Crippen molar-refractivity contribution < 1.29 is 0 Å². The van der Waals surface area contributed by atoms with E-state index in [0.717, 1.165) is 5.57 Å². The van der Waals surface area contributed by atoms with E-state index >= 15 is 0 Å². The molecule has 1 aromatic heterocycles. The summed E-state index contributed by atoms with van der Waals surface area (Å²) in [5, 5.41) is 0. The summed E-state index contributed by atoms with van der Waals surface area (Å²) in [5.74, 6) is 0.565. The van der Waals surface area contributed by atoms with Crippen LogP contribution in [0.2, 0.25) is 0 Å². The van der Waals surface area contributed by atoms with Crippen LogP contribution in [0.4, 0.5) is 0 Å². The molecule has 0 spiro atoms. The van der Waals surface area contributed by atoms with Crippen LogP contribution in [0, 0.1) is 6.92 Å². The number of aromatic nitrogens is 2. The minimum atomic E-state index is -0.129. The number of aromatic amines is 1. The molecule has 0 aliphatic rings. The summed E-state index contributed by atoms with van der Waals surface area (Å²) in [5.41, 5.74) is 1.35. The minimum absolute atomic E-state index is 0.129. The fraction of sp³-hybridized carbons (Fsp3) is 0.250. The Morgan fingerprint density at radius 2 is 2.36 bits per heavy atom. The quantitative estimate of drug-likeness (QED) is 0.651. The van der Waals surface area contributed by atoms with Gasteiger partial charge in [-0.15, -0.1) is 0 Å². The third-order valence-electron chi connectivity index (χ3n) is 1.27. The van der Waals surface area contributed by atoms with Gasteiger partial charge in [-0.3, -0.25) is 4.79 Å². The second-order valence-electron chi connectivity index (χ2n) is 2.52. The molecule has 58 valence electrons. The SMILES string of the molecule is C=C(C)c1nc(C)cc(=O)[nH]1. The van der Waals surface area contributed by atoms with Gasteiger partial charge in [-0.05, 0) is 19.4 Å². The number of aryl methyl sites for hydroxylation is 1. The molecule has 1 rings (SSSR count). The summed E-state index contributed by atoms with van der Waals surface area (Å²) in [6, 6.07) is 1.45. The molecule has 3 nitrogen and oxygen atoms in total. The fourth-order valence-corrected chi connectivity index (χ4v) is 0.781. The van der Waals surface area contributed by atoms with E-state index in [1.54, 1.807) is 13.8 Å². The van der Waals surface area contributed by atoms with Gasteiger partial charge in [0.1, 0.15) is 5.82 Å². The zero-order valence-electron chi connectivity index (χ0n) is 6.64. The highest BCUT2D eigenvalue weighted by Crippen LogP contribution is 2.01. The van der Waals surface area contributed by atoms with Crippen LogP contribution < -0.4 is 5.56 Å². The average Bonchev–Trinajstić information content (AvgIpc) is 1.85. The molecule has 0 fully saturated rings. The molecule has 0 radical (unpaired) electrons. The molecule has 1 aromatic rings. The predicted octanol–water partition coefficient (Wildman–Crippen LogP) is 1.11. The van der Waals surface area contributed by atoms with Crippen LogP contribution in [0.15, 0.2) is 17.4 Å². The van der Waals surface area contributed by atoms with E-state index in [4.69, 9.17) is 0 Å². The van der Waals surface area contributed by atoms with E-state index in [0.29, 0.717) is 11.5 Å². The van der Waals surface area contributed by atoms with Crippen molar-refractivity contribution >= 4 is 5.57 Å². The number of H-pyrrole nitrogens is 1. The Balaban J connectivity index is 3.30. The lowest BCUT2D eigenvalue weighted by Gasteiger charge is -1.97. The second kappa shape index (κ2) is 2.70. The summed E-state index contributed by atoms with van der Waals surface area (Å²) >= 11 is 0. The van der Waals surface area contributed by atoms with Crippen LogP contribution in [0.5, 0.6) is 0 Å². The smallest absolute Gasteiger partial charge is 0.251 e. The van der Waals surface area contributed by atoms with Crippen molar-refractivity contribution in [2.45, 2.75) is 13.8 Å². The maximum Gasteiger partial charge on any atom is 0.251 e. The van der Waals surface area contributed by atoms with E-state index in [-0.39, 0.29) is 5.56 Å². The predicted molar refractivity (Wildman–Crippen MR) is 44.3 cm³/mol. The van der Waals surface area contributed by atoms with Crippen molar-refractivity contribution in [3.05, 3.63) is 34.5 Å². The molecule has 0 amide bonds. The topological polar surface area (TPSA) is 45.8 Å². The Hall–Kier alpha value is -1.38. The lowest BCUT2D eigenvalue weighted by atomic mass is 10.3. The van der Waals surface area contributed by atoms with Gasteiger partial charge in [-0.1, -0.05) is 6.58 Å². The summed E-state index contributed by atoms with van der Waals surface area (Å²) in [6.45, 7) is 7.26. The maximum absolute atomic E-state index is 10.9. The van der Waals surface area contributed by atoms with Gasteiger partial charge in [-0.25, -0.2) is 4.98 Å². The molecule has 3 heteroatoms. The maximum atomic E-state index is 10.9. The van der Waals surface area contributed by atoms with Gasteiger partial charge in [0.25, 0.3) is 5.56 Å². The lowest BCUT2D eigenvalue weighted by molar-refractivity contribution is 1.03. The van der Waals surface area contributed by atoms with Gasteiger partial charge < -0.3 is 4.98 Å². The summed E-state index contributed by atoms with van der Waals surface area (Å²) < 4.78 is 0. The van der Waals surface area contributed by atoms with E-state index < -0.39 is 0 Å². The number of rotatable bonds is 1. The van der Waals surface area contributed by atoms with Crippen molar-refractivity contribution in [3.63, 3.8) is 0 Å². The Morgan fingerprint density at radius 3 is 2.82 bits per heavy atom. The van der Waals surface area contributed by atoms with Gasteiger partial charge in [-0.2, -0.15) is 0 Å². The van der Waals surface area contributed by atoms with Gasteiger partial charge in [0.15, 0.2) is 0 Å². The Morgan fingerprint density at radius 1 is 1.73 bits per heavy atom. The van der Waals surface area contributed by atoms with Crippen molar-refractivity contribution in [1.29, 1.82) is 0 Å². The Bertz CT molecular complexity index is 338. The molecule has 0 aromatic carbocycles. The van der Waals surface area contributed by atoms with Crippen LogP contribution in [0.1, 0.15) is 18.4 Å². The van der Waals surface area contributed by atoms with E-state index in [9.17, 15) is 4.79 Å². The first-order chi connectivity index (χ1) is 5.09. The zero-order valence-corrected chi connectivity index (χ0v) is 6.64. The van der Waals surface area contributed by atoms with E-state index in [1.807, 2.05) is 0 Å². The summed E-state index contributed by atoms with van der Waals surface area (Å²) in [6.07, 6.45) is 0. The summed E-state index contributed by atoms with van der Waals surface area (Å²) in [7, 11) is 0. The molecule has 0 aliphatic carbocycles. The molecule has 0 unspecified atom stereocenters. The zero-order chi connectivity index (χ0) is 8.43. The van der Waals surface area contributed by atoms with Crippen LogP contribution in [-0.4, -0.2) is 9.97 Å². The first-order valence-corrected chi connectivity index (χ1v) is 3.33. The molecule has 0 bridgehead atoms. The van der Waals surface area contributed by atoms with Crippen molar-refractivity contribution in [2.24, 2.45) is 0 Å². The molecule has 0 saturated carbocycles. The van der Waals surface area contributed by atoms with Crippen LogP contribution in [-0.2, 0) is 0 Å². The first kappa shape index (κ1) is 7.72. The van der Waals surface area contributed by atoms with Crippen molar-refractivity contribution in [1.82, 2.24) is 9.97 Å². The van der Waals surface area contributed by atoms with Gasteiger partial charge >= 0.3 is 0 Å². The van der Waals surface area contributed by atoms with E-state index in [2.05, 4.69) is 16.5 Å². The van der Waals surface area contributed by atoms with Crippen LogP contribution in [0.25, 0.3) is 5.57 Å². The van der Waals surface area contributed by atoms with E-state index in [1.165, 1.54) is 6.07 Å². The molecule has 1 N–H and O–H groups in total. The highest BCUT2D eigenvalue weighted by Gasteiger charge is 1.96. The number of allylic oxidation sites excluding steroid dienone is 1. The number of hydrogen-bond acceptors (Lipinski definition) is 2. The molecule has 1 heterocycles. The molecule has 0 saturated heterocycles. The molecular weight excluding hydrogens is 140 g/mol. The molecular formula is C8H10N2O. The molecule has 0 aliphatic heterocycles. The Kier molecular flexibility index (Phi) is 1.89.